The summed E-state index contributed by atoms with van der Waals surface area (Å²) >= 11 is 0. The Morgan fingerprint density at radius 1 is 1.60 bits per heavy atom. The van der Waals surface area contributed by atoms with Crippen LogP contribution < -0.4 is 0 Å². The smallest absolute Gasteiger partial charge is 0.356 e. The van der Waals surface area contributed by atoms with Crippen LogP contribution in [0.15, 0.2) is 0 Å². The summed E-state index contributed by atoms with van der Waals surface area (Å²) in [5.41, 5.74) is 0. The molecule has 0 rings (SSSR count). The fourth-order valence-electron chi connectivity index (χ4n) is 0. The van der Waals surface area contributed by atoms with Gasteiger partial charge >= 0.3 is 1.43 Å². The molecule has 0 aliphatic heterocycles. The van der Waals surface area contributed by atoms with Gasteiger partial charge in [-0.2, -0.15) is 0 Å². The third-order valence-electron chi connectivity index (χ3n) is 0. The van der Waals surface area contributed by atoms with Crippen LogP contribution in [-0.2, 0) is 22.4 Å². The Bertz CT molecular complexity index is 33.8. The van der Waals surface area contributed by atoms with Crippen LogP contribution in [0.3, 0.4) is 0 Å². The van der Waals surface area contributed by atoms with E-state index < -0.39 is 5.09 Å². The van der Waals surface area contributed by atoms with Crippen LogP contribution in [0.5, 0.6) is 0 Å². The Balaban J connectivity index is -0.0000000450. The molecule has 0 saturated heterocycles. The van der Waals surface area contributed by atoms with E-state index in [-0.39, 0.29) is 23.8 Å². The fourth-order valence-corrected chi connectivity index (χ4v) is 0. The van der Waals surface area contributed by atoms with E-state index in [1.54, 1.807) is 0 Å². The van der Waals surface area contributed by atoms with Crippen molar-refractivity contribution in [3.05, 3.63) is 15.3 Å². The van der Waals surface area contributed by atoms with Gasteiger partial charge in [-0.15, -0.1) is 0 Å². The standard InChI is InChI=1S/Ag.NO3/c;2-1(3)4/q;-1/p+1. The summed E-state index contributed by atoms with van der Waals surface area (Å²) in [7, 11) is 0. The van der Waals surface area contributed by atoms with Crippen LogP contribution in [0.25, 0.3) is 0 Å². The Kier molecular flexibility index (Phi) is 6.99. The largest absolute Gasteiger partial charge is 1.00 e. The number of hydrogen-bond donors (Lipinski definition) is 0. The van der Waals surface area contributed by atoms with Crippen molar-refractivity contribution in [3.8, 4) is 0 Å². The molecule has 0 aromatic rings. The van der Waals surface area contributed by atoms with Crippen molar-refractivity contribution in [2.75, 3.05) is 0 Å². The third kappa shape index (κ3) is 4160. The molecule has 0 atom stereocenters. The van der Waals surface area contributed by atoms with Crippen LogP contribution in [0, 0.1) is 15.3 Å². The van der Waals surface area contributed by atoms with Gasteiger partial charge in [0.05, 0.1) is 5.09 Å². The van der Waals surface area contributed by atoms with Crippen LogP contribution in [-0.4, -0.2) is 5.09 Å². The van der Waals surface area contributed by atoms with E-state index in [1.165, 1.54) is 0 Å². The van der Waals surface area contributed by atoms with Crippen molar-refractivity contribution >= 4 is 0 Å². The Morgan fingerprint density at radius 3 is 1.60 bits per heavy atom. The minimum absolute atomic E-state index is 0. The Morgan fingerprint density at radius 2 is 1.60 bits per heavy atom. The van der Waals surface area contributed by atoms with Crippen LogP contribution in [0.4, 0.5) is 0 Å². The zero-order chi connectivity index (χ0) is 3.58. The Labute approximate surface area is 44.9 Å². The molecule has 0 unspecified atom stereocenters. The van der Waals surface area contributed by atoms with Gasteiger partial charge in [-0.05, 0) is 0 Å². The van der Waals surface area contributed by atoms with E-state index in [2.05, 4.69) is 0 Å². The van der Waals surface area contributed by atoms with Gasteiger partial charge in [0.15, 0.2) is 0 Å². The van der Waals surface area contributed by atoms with Crippen molar-refractivity contribution in [3.63, 3.8) is 0 Å². The molecule has 0 aromatic heterocycles. The molecule has 0 aliphatic rings. The van der Waals surface area contributed by atoms with E-state index >= 15 is 0 Å². The average Bonchev–Trinajstić information content (AvgIpc) is 0.811. The summed E-state index contributed by atoms with van der Waals surface area (Å²) in [5.74, 6) is 0. The number of rotatable bonds is 0. The molecule has 0 bridgehead atoms. The van der Waals surface area contributed by atoms with Crippen LogP contribution >= 0.6 is 0 Å². The second kappa shape index (κ2) is 3.94. The number of hydrogen-bond acceptors (Lipinski definition) is 3. The maximum absolute atomic E-state index is 8.25. The summed E-state index contributed by atoms with van der Waals surface area (Å²) in [4.78, 5) is 8.25. The fraction of sp³-hybridized carbons (Fsp3) is 0. The molecule has 1 radical (unpaired) electrons. The summed E-state index contributed by atoms with van der Waals surface area (Å²) in [6.45, 7) is 0. The van der Waals surface area contributed by atoms with Gasteiger partial charge in [-0.3, -0.25) is 0 Å². The molecule has 0 aromatic carbocycles. The second-order valence-corrected chi connectivity index (χ2v) is 0.224. The minimum atomic E-state index is -1.75. The molecule has 5 heteroatoms. The molecular formula is HAgNO3. The zero-order valence-corrected chi connectivity index (χ0v) is 3.46. The first-order chi connectivity index (χ1) is 1.73. The van der Waals surface area contributed by atoms with Gasteiger partial charge in [-0.25, -0.2) is 0 Å². The predicted molar refractivity (Wildman–Crippen MR) is 11.5 cm³/mol. The predicted octanol–water partition coefficient (Wildman–Crippen LogP) is -0.129. The van der Waals surface area contributed by atoms with Crippen LogP contribution in [0.2, 0.25) is 0 Å². The van der Waals surface area contributed by atoms with Gasteiger partial charge < -0.3 is 15.3 Å². The molecule has 5 heavy (non-hydrogen) atoms. The second-order valence-electron chi connectivity index (χ2n) is 0.224. The Hall–Kier alpha value is -0.0597. The van der Waals surface area contributed by atoms with E-state index in [4.69, 9.17) is 15.3 Å². The normalized spacial score (nSPS) is 4.80. The molecule has 0 aliphatic carbocycles. The molecule has 35 valence electrons. The SMILES string of the molecule is O=[N+]([O-])[O-].[Ag].[H+]. The first-order valence-electron chi connectivity index (χ1n) is 0.548. The quantitative estimate of drug-likeness (QED) is 0.289. The monoisotopic (exact) mass is 170 g/mol. The third-order valence-corrected chi connectivity index (χ3v) is 0. The first kappa shape index (κ1) is 8.87. The van der Waals surface area contributed by atoms with Gasteiger partial charge in [-0.1, -0.05) is 0 Å². The number of nitrogens with zero attached hydrogens (tertiary/aromatic N) is 1. The summed E-state index contributed by atoms with van der Waals surface area (Å²) in [6.07, 6.45) is 0. The maximum Gasteiger partial charge on any atom is 1.00 e. The average molecular weight is 171 g/mol. The summed E-state index contributed by atoms with van der Waals surface area (Å²) < 4.78 is 0. The van der Waals surface area contributed by atoms with Crippen molar-refractivity contribution in [2.24, 2.45) is 0 Å². The topological polar surface area (TPSA) is 66.2 Å². The van der Waals surface area contributed by atoms with Gasteiger partial charge in [0.1, 0.15) is 0 Å². The van der Waals surface area contributed by atoms with E-state index in [0.29, 0.717) is 0 Å². The molecule has 0 fully saturated rings. The van der Waals surface area contributed by atoms with Crippen LogP contribution in [0.1, 0.15) is 1.43 Å². The van der Waals surface area contributed by atoms with Gasteiger partial charge in [0.2, 0.25) is 0 Å². The zero-order valence-electron chi connectivity index (χ0n) is 2.97. The van der Waals surface area contributed by atoms with Crippen molar-refractivity contribution in [1.82, 2.24) is 0 Å². The minimum Gasteiger partial charge on any atom is -0.356 e. The summed E-state index contributed by atoms with van der Waals surface area (Å²) in [6, 6.07) is 0. The molecule has 0 spiro atoms. The van der Waals surface area contributed by atoms with Gasteiger partial charge in [0, 0.05) is 22.4 Å². The molecular weight excluding hydrogens is 170 g/mol. The van der Waals surface area contributed by atoms with Gasteiger partial charge in [0.25, 0.3) is 0 Å². The molecule has 0 saturated carbocycles. The van der Waals surface area contributed by atoms with E-state index in [0.717, 1.165) is 0 Å². The van der Waals surface area contributed by atoms with Crippen molar-refractivity contribution in [1.29, 1.82) is 0 Å². The maximum atomic E-state index is 8.25. The van der Waals surface area contributed by atoms with Crippen molar-refractivity contribution in [2.45, 2.75) is 0 Å². The molecule has 0 heterocycles. The van der Waals surface area contributed by atoms with Crippen molar-refractivity contribution < 1.29 is 28.9 Å². The molecule has 4 nitrogen and oxygen atoms in total. The molecule has 0 N–H and O–H groups in total. The molecule has 0 amide bonds. The summed E-state index contributed by atoms with van der Waals surface area (Å²) in [5, 5.41) is 14.8. The van der Waals surface area contributed by atoms with E-state index in [1.807, 2.05) is 0 Å². The first-order valence-corrected chi connectivity index (χ1v) is 0.548. The van der Waals surface area contributed by atoms with E-state index in [9.17, 15) is 0 Å².